The van der Waals surface area contributed by atoms with Crippen molar-refractivity contribution in [2.24, 2.45) is 0 Å². The number of benzene rings is 2. The summed E-state index contributed by atoms with van der Waals surface area (Å²) in [7, 11) is 0. The highest BCUT2D eigenvalue weighted by atomic mass is 32.1. The van der Waals surface area contributed by atoms with Gasteiger partial charge in [0.15, 0.2) is 12.2 Å². The van der Waals surface area contributed by atoms with E-state index in [1.54, 1.807) is 86.6 Å². The molecule has 0 bridgehead atoms. The summed E-state index contributed by atoms with van der Waals surface area (Å²) >= 11 is 2.35. The number of ether oxygens (including phenoxy) is 4. The van der Waals surface area contributed by atoms with Crippen molar-refractivity contribution in [3.63, 3.8) is 0 Å². The topological polar surface area (TPSA) is 139 Å². The van der Waals surface area contributed by atoms with E-state index in [9.17, 15) is 28.8 Å². The Hall–Kier alpha value is -4.94. The highest BCUT2D eigenvalue weighted by Crippen LogP contribution is 2.29. The van der Waals surface area contributed by atoms with Gasteiger partial charge in [-0.05, 0) is 52.0 Å². The molecule has 0 unspecified atom stereocenters. The van der Waals surface area contributed by atoms with E-state index < -0.39 is 47.9 Å². The van der Waals surface area contributed by atoms with Crippen LogP contribution in [0.5, 0.6) is 0 Å². The molecule has 0 radical (unpaired) electrons. The van der Waals surface area contributed by atoms with Crippen molar-refractivity contribution in [1.29, 1.82) is 0 Å². The van der Waals surface area contributed by atoms with Gasteiger partial charge < -0.3 is 18.9 Å². The molecule has 0 aliphatic rings. The van der Waals surface area contributed by atoms with E-state index in [0.29, 0.717) is 30.6 Å². The number of ketones is 2. The summed E-state index contributed by atoms with van der Waals surface area (Å²) in [6.07, 6.45) is -2.47. The average molecular weight is 691 g/mol. The van der Waals surface area contributed by atoms with E-state index in [1.165, 1.54) is 36.5 Å². The first-order chi connectivity index (χ1) is 23.0. The Morgan fingerprint density at radius 1 is 0.500 bits per heavy atom. The Kier molecular flexibility index (Phi) is 12.5. The lowest BCUT2D eigenvalue weighted by Gasteiger charge is -2.17. The lowest BCUT2D eigenvalue weighted by atomic mass is 10.1. The number of carbonyl (C=O) groups excluding carboxylic acids is 6. The Morgan fingerprint density at radius 2 is 0.854 bits per heavy atom. The summed E-state index contributed by atoms with van der Waals surface area (Å²) in [6, 6.07) is 24.2. The van der Waals surface area contributed by atoms with Gasteiger partial charge in [0, 0.05) is 20.9 Å². The Bertz CT molecular complexity index is 1630. The van der Waals surface area contributed by atoms with Gasteiger partial charge in [0.25, 0.3) is 0 Å². The Labute approximate surface area is 285 Å². The van der Waals surface area contributed by atoms with Crippen molar-refractivity contribution in [3.8, 4) is 0 Å². The summed E-state index contributed by atoms with van der Waals surface area (Å²) in [5.74, 6) is -4.78. The lowest BCUT2D eigenvalue weighted by molar-refractivity contribution is -0.172. The third-order valence-corrected chi connectivity index (χ3v) is 9.69. The maximum atomic E-state index is 12.7. The zero-order valence-corrected chi connectivity index (χ0v) is 28.3. The van der Waals surface area contributed by atoms with Crippen molar-refractivity contribution < 1.29 is 47.7 Å². The van der Waals surface area contributed by atoms with E-state index >= 15 is 0 Å². The van der Waals surface area contributed by atoms with Gasteiger partial charge in [-0.25, -0.2) is 9.59 Å². The summed E-state index contributed by atoms with van der Waals surface area (Å²) in [5, 5.41) is 0. The smallest absolute Gasteiger partial charge is 0.347 e. The quantitative estimate of drug-likeness (QED) is 0.0620. The lowest BCUT2D eigenvalue weighted by Crippen LogP contribution is -2.31. The van der Waals surface area contributed by atoms with E-state index in [4.69, 9.17) is 18.9 Å². The summed E-state index contributed by atoms with van der Waals surface area (Å²) in [5.41, 5.74) is 1.07. The fourth-order valence-corrected chi connectivity index (χ4v) is 6.30. The van der Waals surface area contributed by atoms with Crippen molar-refractivity contribution in [2.75, 3.05) is 13.2 Å². The van der Waals surface area contributed by atoms with Crippen LogP contribution in [0.4, 0.5) is 0 Å². The first-order valence-electron chi connectivity index (χ1n) is 15.1. The van der Waals surface area contributed by atoms with Gasteiger partial charge in [-0.2, -0.15) is 0 Å². The number of esters is 4. The molecule has 0 amide bonds. The standard InChI is InChI=1S/C36H34O10S2/c1-21(27-15-17-29(47-27)31(37)25-11-7-5-8-12-25)33(39)45-23(3)35(41)43-19-20-44-36(42)24(4)46-34(40)22(2)28-16-18-30(48-28)32(38)26-13-9-6-10-14-26/h5-18,21-24H,19-20H2,1-4H3/t21-,22-,23-,24+/m1/s1. The van der Waals surface area contributed by atoms with Crippen LogP contribution in [0, 0.1) is 0 Å². The number of hydrogen-bond donors (Lipinski definition) is 0. The minimum Gasteiger partial charge on any atom is -0.459 e. The van der Waals surface area contributed by atoms with Crippen molar-refractivity contribution in [2.45, 2.75) is 51.7 Å². The van der Waals surface area contributed by atoms with Gasteiger partial charge in [-0.3, -0.25) is 19.2 Å². The van der Waals surface area contributed by atoms with Crippen LogP contribution in [-0.2, 0) is 38.1 Å². The highest BCUT2D eigenvalue weighted by Gasteiger charge is 2.28. The predicted molar refractivity (Wildman–Crippen MR) is 178 cm³/mol. The maximum absolute atomic E-state index is 12.7. The van der Waals surface area contributed by atoms with Crippen LogP contribution in [0.25, 0.3) is 0 Å². The Balaban J connectivity index is 1.16. The average Bonchev–Trinajstić information content (AvgIpc) is 3.80. The molecule has 0 N–H and O–H groups in total. The number of hydrogen-bond acceptors (Lipinski definition) is 12. The molecular formula is C36H34O10S2. The SMILES string of the molecule is C[C@H](OC(=O)[C@H](C)c1ccc(C(=O)c2ccccc2)s1)C(=O)OCCOC(=O)[C@@H](C)OC(=O)[C@H](C)c1ccc(C(=O)c2ccccc2)s1. The van der Waals surface area contributed by atoms with E-state index in [2.05, 4.69) is 0 Å². The molecule has 2 heterocycles. The molecule has 250 valence electrons. The van der Waals surface area contributed by atoms with Gasteiger partial charge in [-0.1, -0.05) is 60.7 Å². The maximum Gasteiger partial charge on any atom is 0.347 e. The molecule has 4 rings (SSSR count). The van der Waals surface area contributed by atoms with Crippen LogP contribution < -0.4 is 0 Å². The fourth-order valence-electron chi connectivity index (χ4n) is 4.28. The van der Waals surface area contributed by atoms with Gasteiger partial charge >= 0.3 is 23.9 Å². The number of rotatable bonds is 15. The minimum absolute atomic E-state index is 0.155. The zero-order chi connectivity index (χ0) is 34.8. The normalized spacial score (nSPS) is 13.3. The van der Waals surface area contributed by atoms with Crippen LogP contribution in [-0.4, -0.2) is 60.9 Å². The molecule has 2 aromatic carbocycles. The molecule has 0 saturated carbocycles. The van der Waals surface area contributed by atoms with E-state index in [-0.39, 0.29) is 24.8 Å². The second kappa shape index (κ2) is 16.8. The molecule has 48 heavy (non-hydrogen) atoms. The first-order valence-corrected chi connectivity index (χ1v) is 16.7. The second-order valence-corrected chi connectivity index (χ2v) is 13.0. The van der Waals surface area contributed by atoms with Gasteiger partial charge in [-0.15, -0.1) is 22.7 Å². The molecule has 4 atom stereocenters. The third kappa shape index (κ3) is 9.33. The van der Waals surface area contributed by atoms with Crippen molar-refractivity contribution in [1.82, 2.24) is 0 Å². The van der Waals surface area contributed by atoms with Gasteiger partial charge in [0.1, 0.15) is 13.2 Å². The molecule has 0 saturated heterocycles. The van der Waals surface area contributed by atoms with Crippen LogP contribution in [0.3, 0.4) is 0 Å². The molecular weight excluding hydrogens is 657 g/mol. The minimum atomic E-state index is -1.23. The number of thiophene rings is 2. The van der Waals surface area contributed by atoms with Crippen LogP contribution in [0.2, 0.25) is 0 Å². The summed E-state index contributed by atoms with van der Waals surface area (Å²) in [4.78, 5) is 77.6. The fraction of sp³-hybridized carbons (Fsp3) is 0.278. The van der Waals surface area contributed by atoms with Crippen molar-refractivity contribution >= 4 is 58.1 Å². The molecule has 0 aliphatic carbocycles. The van der Waals surface area contributed by atoms with Crippen LogP contribution >= 0.6 is 22.7 Å². The molecule has 0 spiro atoms. The third-order valence-electron chi connectivity index (χ3n) is 7.16. The monoisotopic (exact) mass is 690 g/mol. The summed E-state index contributed by atoms with van der Waals surface area (Å²) < 4.78 is 20.7. The molecule has 4 aromatic rings. The van der Waals surface area contributed by atoms with Gasteiger partial charge in [0.05, 0.1) is 21.6 Å². The first kappa shape index (κ1) is 35.9. The molecule has 12 heteroatoms. The molecule has 2 aromatic heterocycles. The van der Waals surface area contributed by atoms with Gasteiger partial charge in [0.2, 0.25) is 11.6 Å². The second-order valence-electron chi connectivity index (χ2n) is 10.7. The van der Waals surface area contributed by atoms with Crippen molar-refractivity contribution in [3.05, 3.63) is 116 Å². The summed E-state index contributed by atoms with van der Waals surface area (Å²) in [6.45, 7) is 5.30. The molecule has 0 fully saturated rings. The Morgan fingerprint density at radius 3 is 1.21 bits per heavy atom. The zero-order valence-electron chi connectivity index (χ0n) is 26.7. The number of carbonyl (C=O) groups is 6. The van der Waals surface area contributed by atoms with E-state index in [0.717, 1.165) is 0 Å². The largest absolute Gasteiger partial charge is 0.459 e. The molecule has 10 nitrogen and oxygen atoms in total. The van der Waals surface area contributed by atoms with E-state index in [1.807, 2.05) is 12.1 Å². The highest BCUT2D eigenvalue weighted by molar-refractivity contribution is 7.14. The predicted octanol–water partition coefficient (Wildman–Crippen LogP) is 6.13. The van der Waals surface area contributed by atoms with Crippen LogP contribution in [0.15, 0.2) is 84.9 Å². The molecule has 0 aliphatic heterocycles. The van der Waals surface area contributed by atoms with Crippen LogP contribution in [0.1, 0.15) is 79.8 Å².